The van der Waals surface area contributed by atoms with Crippen LogP contribution in [-0.4, -0.2) is 32.9 Å². The van der Waals surface area contributed by atoms with Gasteiger partial charge in [-0.3, -0.25) is 14.2 Å². The molecule has 1 saturated carbocycles. The standard InChI is InChI=1S/C24H31N3O2/c28-23(26-15-7-9-17-8-4-5-10-21(17)26)18-12-13-19-20(16-18)25-22-11-3-1-2-6-14-27(22)24(19)29/h12-13,16-17,21H,1-11,14-15H2/t17-,21+/m0/s1. The van der Waals surface area contributed by atoms with Crippen molar-refractivity contribution in [2.45, 2.75) is 83.2 Å². The molecular formula is C24H31N3O2. The number of amides is 1. The Morgan fingerprint density at radius 1 is 0.931 bits per heavy atom. The van der Waals surface area contributed by atoms with Gasteiger partial charge in [0.15, 0.2) is 0 Å². The smallest absolute Gasteiger partial charge is 0.261 e. The predicted octanol–water partition coefficient (Wildman–Crippen LogP) is 4.31. The number of hydrogen-bond donors (Lipinski definition) is 0. The van der Waals surface area contributed by atoms with Crippen LogP contribution in [0.25, 0.3) is 10.9 Å². The van der Waals surface area contributed by atoms with Gasteiger partial charge in [-0.2, -0.15) is 0 Å². The van der Waals surface area contributed by atoms with Crippen molar-refractivity contribution in [2.75, 3.05) is 6.54 Å². The number of rotatable bonds is 1. The summed E-state index contributed by atoms with van der Waals surface area (Å²) in [6.07, 6.45) is 12.6. The number of fused-ring (bicyclic) bond motifs is 3. The third kappa shape index (κ3) is 3.49. The summed E-state index contributed by atoms with van der Waals surface area (Å²) < 4.78 is 1.86. The number of carbonyl (C=O) groups excluding carboxylic acids is 1. The zero-order valence-corrected chi connectivity index (χ0v) is 17.2. The SMILES string of the molecule is O=C(c1ccc2c(=O)n3c(nc2c1)CCCCCC3)N1CCC[C@@H]2CCCC[C@H]21. The molecule has 0 N–H and O–H groups in total. The minimum Gasteiger partial charge on any atom is -0.335 e. The highest BCUT2D eigenvalue weighted by Crippen LogP contribution is 2.36. The van der Waals surface area contributed by atoms with Gasteiger partial charge in [-0.15, -0.1) is 0 Å². The van der Waals surface area contributed by atoms with Gasteiger partial charge < -0.3 is 4.90 Å². The molecule has 0 radical (unpaired) electrons. The summed E-state index contributed by atoms with van der Waals surface area (Å²) in [5, 5.41) is 0.639. The zero-order chi connectivity index (χ0) is 19.8. The van der Waals surface area contributed by atoms with Crippen LogP contribution >= 0.6 is 0 Å². The molecule has 0 bridgehead atoms. The van der Waals surface area contributed by atoms with Crippen molar-refractivity contribution in [3.05, 3.63) is 39.9 Å². The maximum absolute atomic E-state index is 13.4. The van der Waals surface area contributed by atoms with Gasteiger partial charge in [0.05, 0.1) is 10.9 Å². The van der Waals surface area contributed by atoms with E-state index in [0.29, 0.717) is 28.4 Å². The molecule has 29 heavy (non-hydrogen) atoms. The number of aromatic nitrogens is 2. The maximum Gasteiger partial charge on any atom is 0.261 e. The molecule has 2 aromatic rings. The van der Waals surface area contributed by atoms with E-state index in [1.54, 1.807) is 0 Å². The minimum atomic E-state index is 0.0521. The van der Waals surface area contributed by atoms with Crippen LogP contribution in [0, 0.1) is 5.92 Å². The molecule has 2 atom stereocenters. The van der Waals surface area contributed by atoms with E-state index >= 15 is 0 Å². The van der Waals surface area contributed by atoms with Crippen LogP contribution in [0.2, 0.25) is 0 Å². The third-order valence-corrected chi connectivity index (χ3v) is 7.32. The van der Waals surface area contributed by atoms with Gasteiger partial charge in [0.25, 0.3) is 11.5 Å². The number of nitrogens with zero attached hydrogens (tertiary/aromatic N) is 3. The fourth-order valence-corrected chi connectivity index (χ4v) is 5.77. The molecule has 0 unspecified atom stereocenters. The summed E-state index contributed by atoms with van der Waals surface area (Å²) in [4.78, 5) is 33.4. The molecule has 1 aromatic heterocycles. The van der Waals surface area contributed by atoms with Crippen molar-refractivity contribution in [1.29, 1.82) is 0 Å². The Bertz CT molecular complexity index is 978. The van der Waals surface area contributed by atoms with Crippen molar-refractivity contribution in [1.82, 2.24) is 14.5 Å². The van der Waals surface area contributed by atoms with E-state index in [4.69, 9.17) is 4.98 Å². The highest BCUT2D eigenvalue weighted by Gasteiger charge is 2.36. The Balaban J connectivity index is 1.50. The molecule has 5 rings (SSSR count). The molecule has 3 heterocycles. The molecule has 5 nitrogen and oxygen atoms in total. The summed E-state index contributed by atoms with van der Waals surface area (Å²) >= 11 is 0. The fourth-order valence-electron chi connectivity index (χ4n) is 5.77. The zero-order valence-electron chi connectivity index (χ0n) is 17.2. The lowest BCUT2D eigenvalue weighted by Gasteiger charge is -2.44. The largest absolute Gasteiger partial charge is 0.335 e. The second kappa shape index (κ2) is 7.92. The number of piperidine rings is 1. The molecule has 1 amide bonds. The van der Waals surface area contributed by atoms with Crippen molar-refractivity contribution in [3.8, 4) is 0 Å². The molecule has 2 aliphatic heterocycles. The summed E-state index contributed by atoms with van der Waals surface area (Å²) in [5.74, 6) is 1.68. The highest BCUT2D eigenvalue weighted by atomic mass is 16.2. The van der Waals surface area contributed by atoms with E-state index in [2.05, 4.69) is 4.90 Å². The Kier molecular flexibility index (Phi) is 5.15. The van der Waals surface area contributed by atoms with Crippen LogP contribution in [0.15, 0.2) is 23.0 Å². The van der Waals surface area contributed by atoms with Crippen LogP contribution < -0.4 is 5.56 Å². The first-order chi connectivity index (χ1) is 14.2. The van der Waals surface area contributed by atoms with Gasteiger partial charge in [0.1, 0.15) is 5.82 Å². The Labute approximate surface area is 172 Å². The quantitative estimate of drug-likeness (QED) is 0.725. The van der Waals surface area contributed by atoms with Crippen molar-refractivity contribution < 1.29 is 4.79 Å². The van der Waals surface area contributed by atoms with Gasteiger partial charge in [-0.25, -0.2) is 4.98 Å². The summed E-state index contributed by atoms with van der Waals surface area (Å²) in [6.45, 7) is 1.62. The van der Waals surface area contributed by atoms with E-state index in [9.17, 15) is 9.59 Å². The predicted molar refractivity (Wildman–Crippen MR) is 114 cm³/mol. The first kappa shape index (κ1) is 18.8. The Hall–Kier alpha value is -2.17. The second-order valence-electron chi connectivity index (χ2n) is 9.13. The molecule has 1 saturated heterocycles. The average Bonchev–Trinajstić information content (AvgIpc) is 2.74. The highest BCUT2D eigenvalue weighted by molar-refractivity contribution is 5.98. The van der Waals surface area contributed by atoms with Crippen molar-refractivity contribution in [3.63, 3.8) is 0 Å². The molecule has 2 fully saturated rings. The average molecular weight is 394 g/mol. The van der Waals surface area contributed by atoms with Crippen LogP contribution in [0.5, 0.6) is 0 Å². The normalized spacial score (nSPS) is 25.0. The molecule has 154 valence electrons. The van der Waals surface area contributed by atoms with Gasteiger partial charge in [0.2, 0.25) is 0 Å². The van der Waals surface area contributed by atoms with E-state index in [-0.39, 0.29) is 11.5 Å². The lowest BCUT2D eigenvalue weighted by Crippen LogP contribution is -2.49. The van der Waals surface area contributed by atoms with Gasteiger partial charge in [-0.1, -0.05) is 25.7 Å². The Morgan fingerprint density at radius 3 is 2.69 bits per heavy atom. The van der Waals surface area contributed by atoms with Crippen LogP contribution in [0.4, 0.5) is 0 Å². The number of benzene rings is 1. The van der Waals surface area contributed by atoms with Crippen molar-refractivity contribution >= 4 is 16.8 Å². The van der Waals surface area contributed by atoms with E-state index in [1.165, 1.54) is 38.5 Å². The minimum absolute atomic E-state index is 0.0521. The number of likely N-dealkylation sites (tertiary alicyclic amines) is 1. The molecular weight excluding hydrogens is 362 g/mol. The molecule has 3 aliphatic rings. The topological polar surface area (TPSA) is 55.2 Å². The number of hydrogen-bond acceptors (Lipinski definition) is 3. The van der Waals surface area contributed by atoms with Gasteiger partial charge >= 0.3 is 0 Å². The van der Waals surface area contributed by atoms with Crippen molar-refractivity contribution in [2.24, 2.45) is 5.92 Å². The van der Waals surface area contributed by atoms with Crippen LogP contribution in [0.1, 0.15) is 80.4 Å². The van der Waals surface area contributed by atoms with E-state index < -0.39 is 0 Å². The summed E-state index contributed by atoms with van der Waals surface area (Å²) in [6, 6.07) is 5.93. The van der Waals surface area contributed by atoms with Gasteiger partial charge in [0, 0.05) is 31.1 Å². The lowest BCUT2D eigenvalue weighted by molar-refractivity contribution is 0.0391. The first-order valence-electron chi connectivity index (χ1n) is 11.6. The summed E-state index contributed by atoms with van der Waals surface area (Å²) in [7, 11) is 0. The Morgan fingerprint density at radius 2 is 1.76 bits per heavy atom. The van der Waals surface area contributed by atoms with Gasteiger partial charge in [-0.05, 0) is 62.6 Å². The molecule has 5 heteroatoms. The van der Waals surface area contributed by atoms with Crippen LogP contribution in [-0.2, 0) is 13.0 Å². The number of aryl methyl sites for hydroxylation is 1. The monoisotopic (exact) mass is 393 g/mol. The maximum atomic E-state index is 13.4. The molecule has 0 spiro atoms. The summed E-state index contributed by atoms with van der Waals surface area (Å²) in [5.41, 5.74) is 1.42. The van der Waals surface area contributed by atoms with E-state index in [0.717, 1.165) is 51.0 Å². The molecule has 1 aromatic carbocycles. The molecule has 1 aliphatic carbocycles. The second-order valence-corrected chi connectivity index (χ2v) is 9.13. The number of carbonyl (C=O) groups is 1. The van der Waals surface area contributed by atoms with E-state index in [1.807, 2.05) is 22.8 Å². The van der Waals surface area contributed by atoms with Crippen LogP contribution in [0.3, 0.4) is 0 Å². The third-order valence-electron chi connectivity index (χ3n) is 7.32. The lowest BCUT2D eigenvalue weighted by atomic mass is 9.78. The first-order valence-corrected chi connectivity index (χ1v) is 11.6. The fraction of sp³-hybridized carbons (Fsp3) is 0.625.